The van der Waals surface area contributed by atoms with Crippen LogP contribution in [0.3, 0.4) is 0 Å². The van der Waals surface area contributed by atoms with E-state index in [1.165, 1.54) is 6.20 Å². The van der Waals surface area contributed by atoms with Crippen molar-refractivity contribution in [2.24, 2.45) is 0 Å². The highest BCUT2D eigenvalue weighted by molar-refractivity contribution is 14.1. The summed E-state index contributed by atoms with van der Waals surface area (Å²) >= 11 is 2.06. The SMILES string of the molecule is O=c1ncc(I)c[nH]1.OC[C@H]1OC[C@H](O)[C@@H]1O. The maximum Gasteiger partial charge on any atom is 0.344 e. The van der Waals surface area contributed by atoms with Crippen LogP contribution in [-0.2, 0) is 4.74 Å². The fraction of sp³-hybridized carbons (Fsp3) is 0.556. The summed E-state index contributed by atoms with van der Waals surface area (Å²) in [5.74, 6) is 0. The normalized spacial score (nSPS) is 27.4. The maximum absolute atomic E-state index is 10.3. The molecule has 0 radical (unpaired) electrons. The van der Waals surface area contributed by atoms with Gasteiger partial charge in [-0.25, -0.2) is 9.78 Å². The maximum atomic E-state index is 10.3. The van der Waals surface area contributed by atoms with Crippen molar-refractivity contribution >= 4 is 22.6 Å². The summed E-state index contributed by atoms with van der Waals surface area (Å²) in [6.07, 6.45) is 0.770. The van der Waals surface area contributed by atoms with Gasteiger partial charge in [0.05, 0.1) is 13.2 Å². The van der Waals surface area contributed by atoms with Gasteiger partial charge in [0.15, 0.2) is 0 Å². The Kier molecular flexibility index (Phi) is 5.98. The van der Waals surface area contributed by atoms with Gasteiger partial charge in [0.25, 0.3) is 0 Å². The predicted octanol–water partition coefficient (Wildman–Crippen LogP) is -1.53. The fourth-order valence-corrected chi connectivity index (χ4v) is 1.45. The molecule has 96 valence electrons. The zero-order valence-electron chi connectivity index (χ0n) is 8.78. The Bertz CT molecular complexity index is 379. The van der Waals surface area contributed by atoms with Crippen LogP contribution in [0, 0.1) is 3.57 Å². The number of aliphatic hydroxyl groups excluding tert-OH is 3. The largest absolute Gasteiger partial charge is 0.394 e. The van der Waals surface area contributed by atoms with Gasteiger partial charge < -0.3 is 25.0 Å². The van der Waals surface area contributed by atoms with Gasteiger partial charge in [0.1, 0.15) is 18.3 Å². The molecule has 0 saturated carbocycles. The standard InChI is InChI=1S/C5H10O4.C4H3IN2O/c6-1-4-5(8)3(7)2-9-4;5-3-1-6-4(8)7-2-3/h3-8H,1-2H2;1-2H,(H,6,7,8)/t3-,4+,5-;/m0./s1. The summed E-state index contributed by atoms with van der Waals surface area (Å²) < 4.78 is 5.71. The topological polar surface area (TPSA) is 116 Å². The number of H-pyrrole nitrogens is 1. The molecule has 1 aliphatic heterocycles. The molecule has 0 aliphatic carbocycles. The number of nitrogens with zero attached hydrogens (tertiary/aromatic N) is 1. The molecule has 2 rings (SSSR count). The molecule has 1 fully saturated rings. The molecule has 0 amide bonds. The van der Waals surface area contributed by atoms with Gasteiger partial charge in [-0.3, -0.25) is 0 Å². The third kappa shape index (κ3) is 4.68. The zero-order chi connectivity index (χ0) is 12.8. The molecule has 8 heteroatoms. The van der Waals surface area contributed by atoms with Crippen molar-refractivity contribution in [3.8, 4) is 0 Å². The van der Waals surface area contributed by atoms with E-state index in [0.29, 0.717) is 0 Å². The minimum absolute atomic E-state index is 0.117. The lowest BCUT2D eigenvalue weighted by Gasteiger charge is -2.10. The summed E-state index contributed by atoms with van der Waals surface area (Å²) in [4.78, 5) is 16.1. The Labute approximate surface area is 111 Å². The first kappa shape index (κ1) is 14.5. The van der Waals surface area contributed by atoms with E-state index in [2.05, 4.69) is 32.6 Å². The average molecular weight is 356 g/mol. The number of nitrogens with one attached hydrogen (secondary N) is 1. The Morgan fingerprint density at radius 3 is 2.59 bits per heavy atom. The number of aromatic amines is 1. The lowest BCUT2D eigenvalue weighted by molar-refractivity contribution is -0.00588. The van der Waals surface area contributed by atoms with E-state index < -0.39 is 18.3 Å². The average Bonchev–Trinajstić information content (AvgIpc) is 2.64. The molecule has 4 N–H and O–H groups in total. The molecule has 1 saturated heterocycles. The van der Waals surface area contributed by atoms with Gasteiger partial charge in [-0.2, -0.15) is 0 Å². The van der Waals surface area contributed by atoms with Crippen LogP contribution in [0.15, 0.2) is 17.2 Å². The molecular weight excluding hydrogens is 343 g/mol. The second kappa shape index (κ2) is 7.01. The van der Waals surface area contributed by atoms with Gasteiger partial charge in [-0.15, -0.1) is 0 Å². The van der Waals surface area contributed by atoms with Gasteiger partial charge >= 0.3 is 5.69 Å². The van der Waals surface area contributed by atoms with Gasteiger partial charge in [-0.1, -0.05) is 0 Å². The van der Waals surface area contributed by atoms with Crippen molar-refractivity contribution in [1.29, 1.82) is 0 Å². The molecule has 7 nitrogen and oxygen atoms in total. The molecule has 0 unspecified atom stereocenters. The summed E-state index contributed by atoms with van der Waals surface area (Å²) in [6, 6.07) is 0. The van der Waals surface area contributed by atoms with Crippen molar-refractivity contribution in [3.05, 3.63) is 26.4 Å². The van der Waals surface area contributed by atoms with Crippen LogP contribution in [-0.4, -0.2) is 56.8 Å². The lowest BCUT2D eigenvalue weighted by atomic mass is 10.2. The first-order valence-electron chi connectivity index (χ1n) is 4.83. The molecule has 1 aliphatic rings. The van der Waals surface area contributed by atoms with Gasteiger partial charge in [0.2, 0.25) is 0 Å². The summed E-state index contributed by atoms with van der Waals surface area (Å²) in [6.45, 7) is -0.120. The van der Waals surface area contributed by atoms with Crippen LogP contribution in [0.4, 0.5) is 0 Å². The predicted molar refractivity (Wildman–Crippen MR) is 66.4 cm³/mol. The number of halogens is 1. The van der Waals surface area contributed by atoms with E-state index in [1.54, 1.807) is 6.20 Å². The monoisotopic (exact) mass is 356 g/mol. The van der Waals surface area contributed by atoms with E-state index in [-0.39, 0.29) is 18.9 Å². The number of aromatic nitrogens is 2. The first-order valence-corrected chi connectivity index (χ1v) is 5.91. The highest BCUT2D eigenvalue weighted by atomic mass is 127. The Morgan fingerprint density at radius 1 is 1.59 bits per heavy atom. The van der Waals surface area contributed by atoms with E-state index in [1.807, 2.05) is 0 Å². The van der Waals surface area contributed by atoms with Crippen LogP contribution in [0.25, 0.3) is 0 Å². The number of ether oxygens (including phenoxy) is 1. The molecule has 0 spiro atoms. The Balaban J connectivity index is 0.000000171. The molecule has 3 atom stereocenters. The number of hydrogen-bond donors (Lipinski definition) is 4. The minimum atomic E-state index is -0.921. The van der Waals surface area contributed by atoms with Crippen molar-refractivity contribution in [1.82, 2.24) is 9.97 Å². The molecule has 0 bridgehead atoms. The number of aliphatic hydroxyl groups is 3. The smallest absolute Gasteiger partial charge is 0.344 e. The van der Waals surface area contributed by atoms with Gasteiger partial charge in [0, 0.05) is 16.0 Å². The summed E-state index contributed by atoms with van der Waals surface area (Å²) in [5, 5.41) is 26.2. The van der Waals surface area contributed by atoms with E-state index >= 15 is 0 Å². The Hall–Kier alpha value is -0.550. The van der Waals surface area contributed by atoms with E-state index in [9.17, 15) is 4.79 Å². The molecule has 0 aromatic carbocycles. The zero-order valence-corrected chi connectivity index (χ0v) is 10.9. The van der Waals surface area contributed by atoms with E-state index in [4.69, 9.17) is 20.1 Å². The van der Waals surface area contributed by atoms with Crippen LogP contribution >= 0.6 is 22.6 Å². The second-order valence-electron chi connectivity index (χ2n) is 3.35. The summed E-state index contributed by atoms with van der Waals surface area (Å²) in [5.41, 5.74) is -0.301. The minimum Gasteiger partial charge on any atom is -0.394 e. The van der Waals surface area contributed by atoms with Crippen molar-refractivity contribution in [2.45, 2.75) is 18.3 Å². The lowest BCUT2D eigenvalue weighted by Crippen LogP contribution is -2.31. The van der Waals surface area contributed by atoms with Crippen LogP contribution in [0.2, 0.25) is 0 Å². The van der Waals surface area contributed by atoms with Gasteiger partial charge in [-0.05, 0) is 22.6 Å². The molecule has 1 aromatic rings. The molecular formula is C9H13IN2O5. The quantitative estimate of drug-likeness (QED) is 0.454. The highest BCUT2D eigenvalue weighted by Crippen LogP contribution is 2.12. The van der Waals surface area contributed by atoms with Crippen LogP contribution < -0.4 is 5.69 Å². The van der Waals surface area contributed by atoms with Crippen molar-refractivity contribution < 1.29 is 20.1 Å². The summed E-state index contributed by atoms with van der Waals surface area (Å²) in [7, 11) is 0. The van der Waals surface area contributed by atoms with Crippen molar-refractivity contribution in [3.63, 3.8) is 0 Å². The first-order chi connectivity index (χ1) is 8.04. The number of rotatable bonds is 1. The molecule has 17 heavy (non-hydrogen) atoms. The second-order valence-corrected chi connectivity index (χ2v) is 4.59. The van der Waals surface area contributed by atoms with Crippen molar-refractivity contribution in [2.75, 3.05) is 13.2 Å². The third-order valence-corrected chi connectivity index (χ3v) is 2.66. The Morgan fingerprint density at radius 2 is 2.29 bits per heavy atom. The fourth-order valence-electron chi connectivity index (χ4n) is 1.15. The molecule has 2 heterocycles. The highest BCUT2D eigenvalue weighted by Gasteiger charge is 2.33. The van der Waals surface area contributed by atoms with Crippen LogP contribution in [0.5, 0.6) is 0 Å². The van der Waals surface area contributed by atoms with Crippen LogP contribution in [0.1, 0.15) is 0 Å². The number of hydrogen-bond acceptors (Lipinski definition) is 6. The molecule has 1 aromatic heterocycles. The third-order valence-electron chi connectivity index (χ3n) is 2.07. The van der Waals surface area contributed by atoms with E-state index in [0.717, 1.165) is 3.57 Å².